The first-order valence-corrected chi connectivity index (χ1v) is 4.44. The maximum absolute atomic E-state index is 9.38. The van der Waals surface area contributed by atoms with Crippen molar-refractivity contribution < 1.29 is 10.2 Å². The van der Waals surface area contributed by atoms with Crippen LogP contribution in [0.4, 0.5) is 0 Å². The van der Waals surface area contributed by atoms with Gasteiger partial charge in [0.05, 0.1) is 11.7 Å². The molecule has 3 N–H and O–H groups in total. The molecule has 0 aliphatic carbocycles. The van der Waals surface area contributed by atoms with E-state index in [9.17, 15) is 10.2 Å². The first-order valence-electron chi connectivity index (χ1n) is 4.44. The van der Waals surface area contributed by atoms with Gasteiger partial charge in [0.1, 0.15) is 0 Å². The zero-order chi connectivity index (χ0) is 9.78. The molecule has 1 unspecified atom stereocenters. The van der Waals surface area contributed by atoms with Gasteiger partial charge in [-0.1, -0.05) is 13.8 Å². The van der Waals surface area contributed by atoms with Crippen molar-refractivity contribution in [3.8, 4) is 0 Å². The van der Waals surface area contributed by atoms with Crippen molar-refractivity contribution in [1.82, 2.24) is 5.32 Å². The Morgan fingerprint density at radius 1 is 1.33 bits per heavy atom. The molecule has 0 saturated carbocycles. The Morgan fingerprint density at radius 2 is 1.83 bits per heavy atom. The van der Waals surface area contributed by atoms with Crippen LogP contribution >= 0.6 is 0 Å². The molecule has 12 heavy (non-hydrogen) atoms. The lowest BCUT2D eigenvalue weighted by molar-refractivity contribution is 0.0686. The van der Waals surface area contributed by atoms with Crippen LogP contribution in [0.3, 0.4) is 0 Å². The van der Waals surface area contributed by atoms with E-state index < -0.39 is 5.60 Å². The quantitative estimate of drug-likeness (QED) is 0.565. The van der Waals surface area contributed by atoms with Gasteiger partial charge in [-0.3, -0.25) is 0 Å². The molecule has 74 valence electrons. The normalized spacial score (nSPS) is 15.2. The Balaban J connectivity index is 3.44. The number of aliphatic hydroxyl groups is 2. The van der Waals surface area contributed by atoms with Crippen molar-refractivity contribution in [2.24, 2.45) is 5.92 Å². The third-order valence-electron chi connectivity index (χ3n) is 1.68. The Hall–Kier alpha value is -0.120. The van der Waals surface area contributed by atoms with Crippen LogP contribution in [0, 0.1) is 5.92 Å². The summed E-state index contributed by atoms with van der Waals surface area (Å²) in [5, 5.41) is 21.7. The zero-order valence-electron chi connectivity index (χ0n) is 8.46. The van der Waals surface area contributed by atoms with Gasteiger partial charge in [0.2, 0.25) is 0 Å². The van der Waals surface area contributed by atoms with E-state index in [0.717, 1.165) is 0 Å². The molecule has 0 aromatic carbocycles. The summed E-state index contributed by atoms with van der Waals surface area (Å²) in [6, 6.07) is 0. The summed E-state index contributed by atoms with van der Waals surface area (Å²) in [4.78, 5) is 0. The molecule has 0 radical (unpaired) electrons. The lowest BCUT2D eigenvalue weighted by Crippen LogP contribution is -2.39. The van der Waals surface area contributed by atoms with E-state index in [1.54, 1.807) is 13.8 Å². The summed E-state index contributed by atoms with van der Waals surface area (Å²) in [6.07, 6.45) is -0.327. The van der Waals surface area contributed by atoms with Gasteiger partial charge >= 0.3 is 0 Å². The van der Waals surface area contributed by atoms with Crippen LogP contribution in [0.2, 0.25) is 0 Å². The van der Waals surface area contributed by atoms with Crippen LogP contribution in [0.15, 0.2) is 0 Å². The van der Waals surface area contributed by atoms with Crippen LogP contribution < -0.4 is 5.32 Å². The fourth-order valence-electron chi connectivity index (χ4n) is 0.762. The lowest BCUT2D eigenvalue weighted by atomic mass is 10.1. The fraction of sp³-hybridized carbons (Fsp3) is 1.00. The van der Waals surface area contributed by atoms with E-state index in [-0.39, 0.29) is 12.0 Å². The van der Waals surface area contributed by atoms with E-state index in [1.165, 1.54) is 0 Å². The molecule has 0 fully saturated rings. The molecule has 0 heterocycles. The van der Waals surface area contributed by atoms with Crippen molar-refractivity contribution in [3.63, 3.8) is 0 Å². The molecule has 0 spiro atoms. The number of rotatable bonds is 5. The number of hydrogen-bond acceptors (Lipinski definition) is 3. The van der Waals surface area contributed by atoms with Gasteiger partial charge in [0.25, 0.3) is 0 Å². The summed E-state index contributed by atoms with van der Waals surface area (Å²) in [6.45, 7) is 8.47. The first-order chi connectivity index (χ1) is 5.33. The van der Waals surface area contributed by atoms with Crippen LogP contribution in [-0.2, 0) is 0 Å². The molecule has 0 aromatic heterocycles. The molecule has 0 amide bonds. The van der Waals surface area contributed by atoms with Gasteiger partial charge in [0.15, 0.2) is 0 Å². The summed E-state index contributed by atoms with van der Waals surface area (Å²) in [5.41, 5.74) is -0.698. The predicted molar refractivity (Wildman–Crippen MR) is 50.0 cm³/mol. The van der Waals surface area contributed by atoms with Crippen LogP contribution in [-0.4, -0.2) is 35.0 Å². The number of nitrogens with one attached hydrogen (secondary N) is 1. The number of aliphatic hydroxyl groups excluding tert-OH is 1. The standard InChI is InChI=1S/C9H21NO2/c1-7(2)8(11)5-10-6-9(3,4)12/h7-8,10-12H,5-6H2,1-4H3. The van der Waals surface area contributed by atoms with Crippen molar-refractivity contribution >= 4 is 0 Å². The Morgan fingerprint density at radius 3 is 2.17 bits per heavy atom. The van der Waals surface area contributed by atoms with Crippen LogP contribution in [0.1, 0.15) is 27.7 Å². The summed E-state index contributed by atoms with van der Waals surface area (Å²) in [5.74, 6) is 0.263. The molecule has 0 aromatic rings. The fourth-order valence-corrected chi connectivity index (χ4v) is 0.762. The predicted octanol–water partition coefficient (Wildman–Crippen LogP) is 0.364. The van der Waals surface area contributed by atoms with Gasteiger partial charge in [-0.2, -0.15) is 0 Å². The molecule has 0 aliphatic rings. The van der Waals surface area contributed by atoms with Gasteiger partial charge in [0, 0.05) is 13.1 Å². The van der Waals surface area contributed by atoms with Crippen molar-refractivity contribution in [2.75, 3.05) is 13.1 Å². The SMILES string of the molecule is CC(C)C(O)CNCC(C)(C)O. The van der Waals surface area contributed by atoms with Crippen LogP contribution in [0.25, 0.3) is 0 Å². The van der Waals surface area contributed by atoms with Crippen LogP contribution in [0.5, 0.6) is 0 Å². The maximum Gasteiger partial charge on any atom is 0.0715 e. The topological polar surface area (TPSA) is 52.5 Å². The highest BCUT2D eigenvalue weighted by Crippen LogP contribution is 2.01. The Bertz CT molecular complexity index is 118. The molecular weight excluding hydrogens is 154 g/mol. The second-order valence-corrected chi connectivity index (χ2v) is 4.25. The van der Waals surface area contributed by atoms with E-state index >= 15 is 0 Å². The van der Waals surface area contributed by atoms with E-state index in [4.69, 9.17) is 0 Å². The second-order valence-electron chi connectivity index (χ2n) is 4.25. The van der Waals surface area contributed by atoms with Gasteiger partial charge in [-0.15, -0.1) is 0 Å². The molecule has 0 aliphatic heterocycles. The number of hydrogen-bond donors (Lipinski definition) is 3. The van der Waals surface area contributed by atoms with E-state index in [0.29, 0.717) is 13.1 Å². The average molecular weight is 175 g/mol. The van der Waals surface area contributed by atoms with Crippen molar-refractivity contribution in [2.45, 2.75) is 39.4 Å². The smallest absolute Gasteiger partial charge is 0.0715 e. The highest BCUT2D eigenvalue weighted by Gasteiger charge is 2.13. The monoisotopic (exact) mass is 175 g/mol. The molecule has 1 atom stereocenters. The van der Waals surface area contributed by atoms with Gasteiger partial charge in [-0.05, 0) is 19.8 Å². The lowest BCUT2D eigenvalue weighted by Gasteiger charge is -2.20. The van der Waals surface area contributed by atoms with Crippen molar-refractivity contribution in [1.29, 1.82) is 0 Å². The molecular formula is C9H21NO2. The van der Waals surface area contributed by atoms with E-state index in [2.05, 4.69) is 5.32 Å². The molecule has 0 rings (SSSR count). The molecule has 0 saturated heterocycles. The summed E-state index contributed by atoms with van der Waals surface area (Å²) in [7, 11) is 0. The minimum Gasteiger partial charge on any atom is -0.392 e. The van der Waals surface area contributed by atoms with Crippen molar-refractivity contribution in [3.05, 3.63) is 0 Å². The highest BCUT2D eigenvalue weighted by molar-refractivity contribution is 4.71. The third-order valence-corrected chi connectivity index (χ3v) is 1.68. The molecule has 3 nitrogen and oxygen atoms in total. The maximum atomic E-state index is 9.38. The summed E-state index contributed by atoms with van der Waals surface area (Å²) < 4.78 is 0. The molecule has 0 bridgehead atoms. The van der Waals surface area contributed by atoms with E-state index in [1.807, 2.05) is 13.8 Å². The Labute approximate surface area is 74.8 Å². The second kappa shape index (κ2) is 4.80. The Kier molecular flexibility index (Phi) is 4.75. The third kappa shape index (κ3) is 6.58. The zero-order valence-corrected chi connectivity index (χ0v) is 8.46. The molecule has 3 heteroatoms. The minimum absolute atomic E-state index is 0.263. The highest BCUT2D eigenvalue weighted by atomic mass is 16.3. The first kappa shape index (κ1) is 11.9. The summed E-state index contributed by atoms with van der Waals surface area (Å²) >= 11 is 0. The largest absolute Gasteiger partial charge is 0.392 e. The minimum atomic E-state index is -0.698. The average Bonchev–Trinajstić information content (AvgIpc) is 1.84. The van der Waals surface area contributed by atoms with Gasteiger partial charge in [-0.25, -0.2) is 0 Å². The van der Waals surface area contributed by atoms with Gasteiger partial charge < -0.3 is 15.5 Å².